The van der Waals surface area contributed by atoms with E-state index in [1.807, 2.05) is 6.07 Å². The molecule has 1 aliphatic rings. The van der Waals surface area contributed by atoms with Gasteiger partial charge < -0.3 is 15.2 Å². The zero-order chi connectivity index (χ0) is 21.5. The predicted octanol–water partition coefficient (Wildman–Crippen LogP) is 4.12. The van der Waals surface area contributed by atoms with Crippen molar-refractivity contribution in [2.75, 3.05) is 7.11 Å². The Morgan fingerprint density at radius 1 is 1.13 bits per heavy atom. The van der Waals surface area contributed by atoms with Gasteiger partial charge in [-0.05, 0) is 29.8 Å². The van der Waals surface area contributed by atoms with E-state index in [4.69, 9.17) is 15.2 Å². The molecular formula is C21H15F3N4O2. The van der Waals surface area contributed by atoms with E-state index in [1.54, 1.807) is 54.6 Å². The lowest BCUT2D eigenvalue weighted by molar-refractivity contribution is -0.142. The Balaban J connectivity index is 2.01. The summed E-state index contributed by atoms with van der Waals surface area (Å²) in [5.41, 5.74) is 5.22. The standard InChI is InChI=1S/C21H15F3N4O2/c1-29-14-9-7-12(8-10-14)16-15(11-25)19(26)30-20-17(16)18(21(22,23)24)27-28(20)13-5-3-2-4-6-13/h2-10,16H,26H2,1H3/t16-/m1/s1. The van der Waals surface area contributed by atoms with Crippen molar-refractivity contribution < 1.29 is 22.6 Å². The third-order valence-electron chi connectivity index (χ3n) is 4.77. The molecule has 2 aromatic carbocycles. The summed E-state index contributed by atoms with van der Waals surface area (Å²) in [6.45, 7) is 0. The lowest BCUT2D eigenvalue weighted by Gasteiger charge is -2.25. The van der Waals surface area contributed by atoms with E-state index in [9.17, 15) is 18.4 Å². The van der Waals surface area contributed by atoms with Crippen molar-refractivity contribution >= 4 is 0 Å². The van der Waals surface area contributed by atoms with Crippen LogP contribution in [0.1, 0.15) is 22.7 Å². The highest BCUT2D eigenvalue weighted by Gasteiger charge is 2.46. The number of rotatable bonds is 3. The van der Waals surface area contributed by atoms with Crippen LogP contribution in [0.15, 0.2) is 66.1 Å². The zero-order valence-corrected chi connectivity index (χ0v) is 15.6. The summed E-state index contributed by atoms with van der Waals surface area (Å²) in [4.78, 5) is 0. The fraction of sp³-hybridized carbons (Fsp3) is 0.143. The van der Waals surface area contributed by atoms with Crippen LogP contribution in [0.2, 0.25) is 0 Å². The molecule has 1 aromatic heterocycles. The molecule has 0 saturated carbocycles. The second kappa shape index (κ2) is 7.15. The van der Waals surface area contributed by atoms with E-state index in [2.05, 4.69) is 5.10 Å². The molecule has 0 radical (unpaired) electrons. The van der Waals surface area contributed by atoms with Gasteiger partial charge in [0.05, 0.1) is 24.3 Å². The molecule has 0 fully saturated rings. The van der Waals surface area contributed by atoms with Gasteiger partial charge in [0.15, 0.2) is 5.69 Å². The Kier molecular flexibility index (Phi) is 4.62. The first-order valence-corrected chi connectivity index (χ1v) is 8.82. The number of nitrogens with two attached hydrogens (primary N) is 1. The number of hydrogen-bond acceptors (Lipinski definition) is 5. The van der Waals surface area contributed by atoms with Crippen LogP contribution in [-0.4, -0.2) is 16.9 Å². The van der Waals surface area contributed by atoms with Crippen LogP contribution in [0.25, 0.3) is 5.69 Å². The minimum atomic E-state index is -4.77. The molecule has 0 amide bonds. The molecule has 152 valence electrons. The van der Waals surface area contributed by atoms with Gasteiger partial charge in [-0.3, -0.25) is 0 Å². The van der Waals surface area contributed by atoms with Crippen LogP contribution in [0.4, 0.5) is 13.2 Å². The summed E-state index contributed by atoms with van der Waals surface area (Å²) in [6.07, 6.45) is -4.77. The number of methoxy groups -OCH3 is 1. The van der Waals surface area contributed by atoms with Crippen LogP contribution in [0, 0.1) is 11.3 Å². The summed E-state index contributed by atoms with van der Waals surface area (Å²) in [6, 6.07) is 16.5. The number of benzene rings is 2. The number of alkyl halides is 3. The molecule has 2 heterocycles. The van der Waals surface area contributed by atoms with Crippen LogP contribution in [0.3, 0.4) is 0 Å². The van der Waals surface area contributed by atoms with Gasteiger partial charge in [-0.25, -0.2) is 0 Å². The summed E-state index contributed by atoms with van der Waals surface area (Å²) in [7, 11) is 1.48. The van der Waals surface area contributed by atoms with Crippen molar-refractivity contribution in [2.45, 2.75) is 12.1 Å². The lowest BCUT2D eigenvalue weighted by atomic mass is 9.84. The van der Waals surface area contributed by atoms with Crippen molar-refractivity contribution in [3.8, 4) is 23.4 Å². The number of hydrogen-bond donors (Lipinski definition) is 1. The monoisotopic (exact) mass is 412 g/mol. The van der Waals surface area contributed by atoms with Crippen LogP contribution in [-0.2, 0) is 6.18 Å². The molecule has 6 nitrogen and oxygen atoms in total. The van der Waals surface area contributed by atoms with Crippen molar-refractivity contribution in [2.24, 2.45) is 5.73 Å². The smallest absolute Gasteiger partial charge is 0.435 e. The number of fused-ring (bicyclic) bond motifs is 1. The molecule has 1 atom stereocenters. The van der Waals surface area contributed by atoms with Gasteiger partial charge in [0, 0.05) is 0 Å². The van der Waals surface area contributed by atoms with Crippen molar-refractivity contribution in [1.82, 2.24) is 9.78 Å². The van der Waals surface area contributed by atoms with E-state index in [-0.39, 0.29) is 22.9 Å². The Labute approximate surface area is 169 Å². The van der Waals surface area contributed by atoms with Crippen LogP contribution < -0.4 is 15.2 Å². The predicted molar refractivity (Wildman–Crippen MR) is 101 cm³/mol. The molecule has 0 saturated heterocycles. The zero-order valence-electron chi connectivity index (χ0n) is 15.6. The Morgan fingerprint density at radius 3 is 2.37 bits per heavy atom. The van der Waals surface area contributed by atoms with E-state index >= 15 is 0 Å². The minimum Gasteiger partial charge on any atom is -0.497 e. The van der Waals surface area contributed by atoms with Crippen molar-refractivity contribution in [3.05, 3.63) is 82.9 Å². The SMILES string of the molecule is COc1ccc([C@@H]2C(C#N)=C(N)Oc3c2c(C(F)(F)F)nn3-c2ccccc2)cc1. The first-order chi connectivity index (χ1) is 14.3. The lowest BCUT2D eigenvalue weighted by Crippen LogP contribution is -2.23. The Bertz CT molecular complexity index is 1160. The highest BCUT2D eigenvalue weighted by Crippen LogP contribution is 2.48. The van der Waals surface area contributed by atoms with Gasteiger partial charge >= 0.3 is 6.18 Å². The molecule has 0 bridgehead atoms. The molecule has 0 unspecified atom stereocenters. The number of halogens is 3. The quantitative estimate of drug-likeness (QED) is 0.700. The maximum atomic E-state index is 14.0. The number of para-hydroxylation sites is 1. The Morgan fingerprint density at radius 2 is 1.80 bits per heavy atom. The van der Waals surface area contributed by atoms with Gasteiger partial charge in [-0.2, -0.15) is 28.2 Å². The second-order valence-corrected chi connectivity index (χ2v) is 6.51. The van der Waals surface area contributed by atoms with Gasteiger partial charge in [0.1, 0.15) is 17.4 Å². The average Bonchev–Trinajstić information content (AvgIpc) is 3.13. The molecule has 1 aliphatic heterocycles. The number of nitriles is 1. The van der Waals surface area contributed by atoms with Gasteiger partial charge in [0.2, 0.25) is 11.8 Å². The molecule has 30 heavy (non-hydrogen) atoms. The third-order valence-corrected chi connectivity index (χ3v) is 4.77. The molecule has 0 aliphatic carbocycles. The van der Waals surface area contributed by atoms with E-state index < -0.39 is 17.8 Å². The fourth-order valence-electron chi connectivity index (χ4n) is 3.42. The van der Waals surface area contributed by atoms with Crippen molar-refractivity contribution in [1.29, 1.82) is 5.26 Å². The number of allylic oxidation sites excluding steroid dienone is 1. The van der Waals surface area contributed by atoms with Crippen LogP contribution >= 0.6 is 0 Å². The van der Waals surface area contributed by atoms with Gasteiger partial charge in [0.25, 0.3) is 0 Å². The molecule has 3 aromatic rings. The summed E-state index contributed by atoms with van der Waals surface area (Å²) in [5, 5.41) is 13.4. The molecule has 0 spiro atoms. The van der Waals surface area contributed by atoms with Crippen LogP contribution in [0.5, 0.6) is 11.6 Å². The van der Waals surface area contributed by atoms with Crippen molar-refractivity contribution in [3.63, 3.8) is 0 Å². The maximum Gasteiger partial charge on any atom is 0.435 e. The number of aromatic nitrogens is 2. The van der Waals surface area contributed by atoms with E-state index in [0.29, 0.717) is 17.0 Å². The molecule has 9 heteroatoms. The summed E-state index contributed by atoms with van der Waals surface area (Å²) < 4.78 is 53.6. The summed E-state index contributed by atoms with van der Waals surface area (Å²) in [5.74, 6) is -1.02. The second-order valence-electron chi connectivity index (χ2n) is 6.51. The van der Waals surface area contributed by atoms with E-state index in [0.717, 1.165) is 4.68 Å². The Hall–Kier alpha value is -3.93. The molecule has 2 N–H and O–H groups in total. The highest BCUT2D eigenvalue weighted by molar-refractivity contribution is 5.58. The average molecular weight is 412 g/mol. The minimum absolute atomic E-state index is 0.120. The molecular weight excluding hydrogens is 397 g/mol. The number of nitrogens with zero attached hydrogens (tertiary/aromatic N) is 3. The largest absolute Gasteiger partial charge is 0.497 e. The fourth-order valence-corrected chi connectivity index (χ4v) is 3.42. The normalized spacial score (nSPS) is 15.9. The van der Waals surface area contributed by atoms with Gasteiger partial charge in [-0.15, -0.1) is 0 Å². The topological polar surface area (TPSA) is 86.1 Å². The first kappa shape index (κ1) is 19.4. The third kappa shape index (κ3) is 3.12. The summed E-state index contributed by atoms with van der Waals surface area (Å²) >= 11 is 0. The maximum absolute atomic E-state index is 14.0. The van der Waals surface area contributed by atoms with Gasteiger partial charge in [-0.1, -0.05) is 30.3 Å². The molecule has 4 rings (SSSR count). The highest BCUT2D eigenvalue weighted by atomic mass is 19.4. The van der Waals surface area contributed by atoms with E-state index in [1.165, 1.54) is 7.11 Å². The first-order valence-electron chi connectivity index (χ1n) is 8.82. The number of ether oxygens (including phenoxy) is 2.